The molecule has 1 heterocycles. The van der Waals surface area contributed by atoms with Gasteiger partial charge in [-0.2, -0.15) is 0 Å². The van der Waals surface area contributed by atoms with E-state index < -0.39 is 23.4 Å². The fraction of sp³-hybridized carbons (Fsp3) is 0. The van der Waals surface area contributed by atoms with Gasteiger partial charge < -0.3 is 9.84 Å². The predicted octanol–water partition coefficient (Wildman–Crippen LogP) is 1.59. The molecule has 0 saturated carbocycles. The number of ether oxygens (including phenoxy) is 1. The molecule has 0 aliphatic heterocycles. The molecular weight excluding hydrogens is 263 g/mol. The number of para-hydroxylation sites is 1. The Morgan fingerprint density at radius 3 is 2.72 bits per heavy atom. The van der Waals surface area contributed by atoms with E-state index in [1.165, 1.54) is 18.2 Å². The molecule has 0 radical (unpaired) electrons. The molecule has 0 aliphatic rings. The summed E-state index contributed by atoms with van der Waals surface area (Å²) >= 11 is 0.546. The summed E-state index contributed by atoms with van der Waals surface area (Å²) in [4.78, 5) is 22.0. The van der Waals surface area contributed by atoms with Crippen molar-refractivity contribution in [2.45, 2.75) is 0 Å². The molecule has 0 amide bonds. The standard InChI is InChI=1S/C10H5FN2O4S/c11-5-3-1-2-4-6(5)17-10(16)7-8(9(14)15)18-13-12-7/h1-4H,(H,14,15). The van der Waals surface area contributed by atoms with Crippen molar-refractivity contribution in [1.82, 2.24) is 9.59 Å². The quantitative estimate of drug-likeness (QED) is 0.671. The van der Waals surface area contributed by atoms with Crippen LogP contribution in [0, 0.1) is 5.82 Å². The van der Waals surface area contributed by atoms with Gasteiger partial charge in [0.05, 0.1) is 0 Å². The Kier molecular flexibility index (Phi) is 3.28. The second-order valence-electron chi connectivity index (χ2n) is 3.08. The topological polar surface area (TPSA) is 89.4 Å². The van der Waals surface area contributed by atoms with Crippen molar-refractivity contribution in [3.63, 3.8) is 0 Å². The number of carbonyl (C=O) groups excluding carboxylic acids is 1. The number of carbonyl (C=O) groups is 2. The maximum atomic E-state index is 13.2. The van der Waals surface area contributed by atoms with Gasteiger partial charge in [-0.25, -0.2) is 14.0 Å². The van der Waals surface area contributed by atoms with E-state index in [0.717, 1.165) is 6.07 Å². The Bertz CT molecular complexity index is 613. The number of aromatic carboxylic acids is 1. The Morgan fingerprint density at radius 2 is 2.06 bits per heavy atom. The Hall–Kier alpha value is -2.35. The monoisotopic (exact) mass is 268 g/mol. The highest BCUT2D eigenvalue weighted by Crippen LogP contribution is 2.18. The number of halogens is 1. The molecule has 2 aromatic rings. The number of nitrogens with zero attached hydrogens (tertiary/aromatic N) is 2. The van der Waals surface area contributed by atoms with Crippen molar-refractivity contribution < 1.29 is 23.8 Å². The average molecular weight is 268 g/mol. The van der Waals surface area contributed by atoms with Crippen molar-refractivity contribution >= 4 is 23.5 Å². The fourth-order valence-corrected chi connectivity index (χ4v) is 1.63. The lowest BCUT2D eigenvalue weighted by atomic mass is 10.3. The Balaban J connectivity index is 2.25. The summed E-state index contributed by atoms with van der Waals surface area (Å²) < 4.78 is 21.3. The number of rotatable bonds is 3. The molecule has 0 atom stereocenters. The van der Waals surface area contributed by atoms with Gasteiger partial charge in [0.1, 0.15) is 0 Å². The maximum absolute atomic E-state index is 13.2. The number of aromatic nitrogens is 2. The van der Waals surface area contributed by atoms with Crippen molar-refractivity contribution in [2.75, 3.05) is 0 Å². The van der Waals surface area contributed by atoms with E-state index in [-0.39, 0.29) is 10.6 Å². The minimum Gasteiger partial charge on any atom is -0.477 e. The highest BCUT2D eigenvalue weighted by Gasteiger charge is 2.24. The molecule has 6 nitrogen and oxygen atoms in total. The van der Waals surface area contributed by atoms with Gasteiger partial charge in [0.15, 0.2) is 22.1 Å². The average Bonchev–Trinajstić information content (AvgIpc) is 2.81. The Labute approximate surface area is 104 Å². The molecule has 1 aromatic heterocycles. The van der Waals surface area contributed by atoms with E-state index in [1.807, 2.05) is 0 Å². The van der Waals surface area contributed by atoms with E-state index in [0.29, 0.717) is 11.5 Å². The van der Waals surface area contributed by atoms with Crippen LogP contribution >= 0.6 is 11.5 Å². The Morgan fingerprint density at radius 1 is 1.33 bits per heavy atom. The number of esters is 1. The molecule has 8 heteroatoms. The summed E-state index contributed by atoms with van der Waals surface area (Å²) in [7, 11) is 0. The van der Waals surface area contributed by atoms with E-state index >= 15 is 0 Å². The third-order valence-corrected chi connectivity index (χ3v) is 2.63. The van der Waals surface area contributed by atoms with Gasteiger partial charge in [-0.1, -0.05) is 16.6 Å². The summed E-state index contributed by atoms with van der Waals surface area (Å²) in [6, 6.07) is 5.26. The van der Waals surface area contributed by atoms with Crippen LogP contribution in [0.1, 0.15) is 20.2 Å². The fourth-order valence-electron chi connectivity index (χ4n) is 1.14. The smallest absolute Gasteiger partial charge is 0.366 e. The van der Waals surface area contributed by atoms with Gasteiger partial charge in [0.25, 0.3) is 0 Å². The maximum Gasteiger partial charge on any atom is 0.366 e. The molecule has 2 rings (SSSR count). The van der Waals surface area contributed by atoms with Crippen LogP contribution in [-0.2, 0) is 0 Å². The minimum absolute atomic E-state index is 0.299. The number of carboxylic acid groups (broad SMARTS) is 1. The van der Waals surface area contributed by atoms with Gasteiger partial charge in [0.2, 0.25) is 0 Å². The van der Waals surface area contributed by atoms with Crippen LogP contribution in [0.3, 0.4) is 0 Å². The normalized spacial score (nSPS) is 10.1. The summed E-state index contributed by atoms with van der Waals surface area (Å²) in [5, 5.41) is 12.1. The molecular formula is C10H5FN2O4S. The summed E-state index contributed by atoms with van der Waals surface area (Å²) in [5.41, 5.74) is -0.448. The zero-order valence-corrected chi connectivity index (χ0v) is 9.48. The van der Waals surface area contributed by atoms with Crippen molar-refractivity contribution in [3.05, 3.63) is 40.7 Å². The lowest BCUT2D eigenvalue weighted by Gasteiger charge is -2.02. The van der Waals surface area contributed by atoms with E-state index in [4.69, 9.17) is 9.84 Å². The summed E-state index contributed by atoms with van der Waals surface area (Å²) in [5.74, 6) is -3.44. The second kappa shape index (κ2) is 4.88. The molecule has 0 bridgehead atoms. The molecule has 0 fully saturated rings. The summed E-state index contributed by atoms with van der Waals surface area (Å²) in [6.07, 6.45) is 0. The molecule has 0 unspecified atom stereocenters. The first kappa shape index (κ1) is 12.1. The van der Waals surface area contributed by atoms with Gasteiger partial charge in [-0.15, -0.1) is 5.10 Å². The van der Waals surface area contributed by atoms with Crippen LogP contribution in [-0.4, -0.2) is 26.6 Å². The molecule has 0 aliphatic carbocycles. The van der Waals surface area contributed by atoms with E-state index in [2.05, 4.69) is 9.59 Å². The SMILES string of the molecule is O=C(Oc1ccccc1F)c1nnsc1C(=O)O. The second-order valence-corrected chi connectivity index (χ2v) is 3.83. The van der Waals surface area contributed by atoms with Crippen molar-refractivity contribution in [1.29, 1.82) is 0 Å². The van der Waals surface area contributed by atoms with Crippen LogP contribution in [0.2, 0.25) is 0 Å². The third-order valence-electron chi connectivity index (χ3n) is 1.91. The largest absolute Gasteiger partial charge is 0.477 e. The first-order chi connectivity index (χ1) is 8.59. The van der Waals surface area contributed by atoms with Crippen LogP contribution < -0.4 is 4.74 Å². The number of hydrogen-bond acceptors (Lipinski definition) is 6. The predicted molar refractivity (Wildman–Crippen MR) is 58.2 cm³/mol. The van der Waals surface area contributed by atoms with E-state index in [9.17, 15) is 14.0 Å². The lowest BCUT2D eigenvalue weighted by molar-refractivity contribution is 0.0667. The zero-order chi connectivity index (χ0) is 13.1. The van der Waals surface area contributed by atoms with Crippen LogP contribution in [0.4, 0.5) is 4.39 Å². The highest BCUT2D eigenvalue weighted by atomic mass is 32.1. The van der Waals surface area contributed by atoms with Crippen molar-refractivity contribution in [2.24, 2.45) is 0 Å². The number of carboxylic acids is 1. The molecule has 0 spiro atoms. The van der Waals surface area contributed by atoms with Gasteiger partial charge >= 0.3 is 11.9 Å². The van der Waals surface area contributed by atoms with Gasteiger partial charge in [-0.3, -0.25) is 0 Å². The first-order valence-corrected chi connectivity index (χ1v) is 5.39. The van der Waals surface area contributed by atoms with Crippen LogP contribution in [0.15, 0.2) is 24.3 Å². The third kappa shape index (κ3) is 2.33. The highest BCUT2D eigenvalue weighted by molar-refractivity contribution is 7.08. The molecule has 18 heavy (non-hydrogen) atoms. The number of benzene rings is 1. The molecule has 1 aromatic carbocycles. The summed E-state index contributed by atoms with van der Waals surface area (Å²) in [6.45, 7) is 0. The lowest BCUT2D eigenvalue weighted by Crippen LogP contribution is -2.14. The molecule has 1 N–H and O–H groups in total. The van der Waals surface area contributed by atoms with Crippen LogP contribution in [0.5, 0.6) is 5.75 Å². The zero-order valence-electron chi connectivity index (χ0n) is 8.66. The van der Waals surface area contributed by atoms with Crippen LogP contribution in [0.25, 0.3) is 0 Å². The van der Waals surface area contributed by atoms with Crippen molar-refractivity contribution in [3.8, 4) is 5.75 Å². The first-order valence-electron chi connectivity index (χ1n) is 4.62. The number of hydrogen-bond donors (Lipinski definition) is 1. The van der Waals surface area contributed by atoms with Gasteiger partial charge in [-0.05, 0) is 23.7 Å². The van der Waals surface area contributed by atoms with E-state index in [1.54, 1.807) is 0 Å². The molecule has 92 valence electrons. The molecule has 0 saturated heterocycles. The van der Waals surface area contributed by atoms with Gasteiger partial charge in [0, 0.05) is 0 Å². The minimum atomic E-state index is -1.34.